The van der Waals surface area contributed by atoms with Crippen LogP contribution in [0, 0.1) is 46.3 Å². The molecule has 4 aliphatic carbocycles. The van der Waals surface area contributed by atoms with Crippen molar-refractivity contribution in [3.8, 4) is 0 Å². The molecule has 0 aromatic carbocycles. The van der Waals surface area contributed by atoms with E-state index in [1.807, 2.05) is 52.8 Å². The summed E-state index contributed by atoms with van der Waals surface area (Å²) in [6.45, 7) is 9.78. The number of methoxy groups -OCH3 is 1. The van der Waals surface area contributed by atoms with Gasteiger partial charge in [-0.3, -0.25) is 4.55 Å². The molecule has 49 heavy (non-hydrogen) atoms. The van der Waals surface area contributed by atoms with Crippen molar-refractivity contribution >= 4 is 10.4 Å². The summed E-state index contributed by atoms with van der Waals surface area (Å²) < 4.78 is 56.8. The molecule has 282 valence electrons. The molecule has 0 spiro atoms. The second kappa shape index (κ2) is 14.4. The topological polar surface area (TPSA) is 213 Å². The van der Waals surface area contributed by atoms with Gasteiger partial charge in [0.15, 0.2) is 6.29 Å². The highest BCUT2D eigenvalue weighted by atomic mass is 32.3. The van der Waals surface area contributed by atoms with Crippen LogP contribution in [-0.4, -0.2) is 119 Å². The van der Waals surface area contributed by atoms with Crippen molar-refractivity contribution in [3.63, 3.8) is 0 Å². The minimum Gasteiger partial charge on any atom is -0.396 e. The Balaban J connectivity index is 1.47. The predicted octanol–water partition coefficient (Wildman–Crippen LogP) is 1.75. The SMILES string of the molecule is CC[C@H](/C=C/[C@@H](C)[C@H]1[C@@H](O)C(OS(=O)(=O)O)C2[C@]3(O)C[C@@H](O)C4=C[C@@H](OC5OCC(O)C(O)C5OC)CC[C@]4(C)C3CC[C@@]21C)[C@H](C)CO. The van der Waals surface area contributed by atoms with Gasteiger partial charge in [-0.25, -0.2) is 4.18 Å². The zero-order valence-corrected chi connectivity index (χ0v) is 30.3. The van der Waals surface area contributed by atoms with Gasteiger partial charge < -0.3 is 44.8 Å². The van der Waals surface area contributed by atoms with Crippen LogP contribution < -0.4 is 0 Å². The fourth-order valence-corrected chi connectivity index (χ4v) is 11.3. The zero-order valence-electron chi connectivity index (χ0n) is 29.5. The largest absolute Gasteiger partial charge is 0.397 e. The monoisotopic (exact) mass is 718 g/mol. The third-order valence-electron chi connectivity index (χ3n) is 13.2. The van der Waals surface area contributed by atoms with Gasteiger partial charge in [-0.2, -0.15) is 8.42 Å². The molecule has 0 bridgehead atoms. The van der Waals surface area contributed by atoms with E-state index in [1.165, 1.54) is 7.11 Å². The molecular weight excluding hydrogens is 660 g/mol. The second-order valence-corrected chi connectivity index (χ2v) is 17.0. The summed E-state index contributed by atoms with van der Waals surface area (Å²) in [5.74, 6) is -2.08. The van der Waals surface area contributed by atoms with Crippen LogP contribution in [0.4, 0.5) is 0 Å². The maximum Gasteiger partial charge on any atom is 0.397 e. The lowest BCUT2D eigenvalue weighted by Gasteiger charge is -2.64. The lowest BCUT2D eigenvalue weighted by molar-refractivity contribution is -0.285. The molecule has 17 atom stereocenters. The molecule has 1 saturated heterocycles. The van der Waals surface area contributed by atoms with Crippen molar-refractivity contribution in [3.05, 3.63) is 23.8 Å². The summed E-state index contributed by atoms with van der Waals surface area (Å²) in [7, 11) is -3.63. The Morgan fingerprint density at radius 2 is 1.76 bits per heavy atom. The van der Waals surface area contributed by atoms with Crippen molar-refractivity contribution < 1.29 is 62.0 Å². The Morgan fingerprint density at radius 3 is 2.37 bits per heavy atom. The third-order valence-corrected chi connectivity index (χ3v) is 13.7. The Bertz CT molecular complexity index is 1340. The van der Waals surface area contributed by atoms with Gasteiger partial charge in [-0.1, -0.05) is 52.8 Å². The molecule has 3 saturated carbocycles. The van der Waals surface area contributed by atoms with Gasteiger partial charge in [0, 0.05) is 26.1 Å². The summed E-state index contributed by atoms with van der Waals surface area (Å²) in [5.41, 5.74) is -2.52. The van der Waals surface area contributed by atoms with Gasteiger partial charge in [0.1, 0.15) is 24.4 Å². The number of allylic oxidation sites excluding steroid dienone is 2. The summed E-state index contributed by atoms with van der Waals surface area (Å²) in [4.78, 5) is 0. The first-order chi connectivity index (χ1) is 22.9. The molecule has 7 N–H and O–H groups in total. The van der Waals surface area contributed by atoms with E-state index in [0.29, 0.717) is 31.3 Å². The summed E-state index contributed by atoms with van der Waals surface area (Å²) in [5, 5.41) is 66.7. The fraction of sp³-hybridized carbons (Fsp3) is 0.886. The Morgan fingerprint density at radius 1 is 1.06 bits per heavy atom. The van der Waals surface area contributed by atoms with E-state index < -0.39 is 93.6 Å². The van der Waals surface area contributed by atoms with Crippen LogP contribution in [0.5, 0.6) is 0 Å². The lowest BCUT2D eigenvalue weighted by Crippen LogP contribution is -2.66. The number of hydrogen-bond acceptors (Lipinski definition) is 12. The third kappa shape index (κ3) is 6.95. The molecule has 1 heterocycles. The first-order valence-corrected chi connectivity index (χ1v) is 19.1. The number of hydrogen-bond donors (Lipinski definition) is 7. The van der Waals surface area contributed by atoms with Gasteiger partial charge in [-0.05, 0) is 78.1 Å². The molecule has 0 aromatic heterocycles. The standard InChI is InChI=1S/C35H58O13S/c1-7-20(19(3)16-36)9-8-18(2)26-28(40)29(48-49(42,43)44)31-34(26,5)13-11-25-33(4)12-10-21(14-22(33)23(37)15-35(25,31)41)47-32-30(45-6)27(39)24(38)17-46-32/h8-9,14,18-21,23-32,36-41H,7,10-13,15-17H2,1-6H3,(H,42,43,44)/b9-8+/t18-,19-,20-,21+,23-,24?,25?,26+,27?,28-,29?,30?,31?,32?,33+,34-,35+/m1/s1. The van der Waals surface area contributed by atoms with E-state index in [9.17, 15) is 43.6 Å². The fourth-order valence-electron chi connectivity index (χ4n) is 10.8. The average molecular weight is 719 g/mol. The average Bonchev–Trinajstić information content (AvgIpc) is 3.24. The smallest absolute Gasteiger partial charge is 0.396 e. The van der Waals surface area contributed by atoms with Crippen molar-refractivity contribution in [2.45, 2.75) is 128 Å². The first kappa shape index (κ1) is 39.2. The van der Waals surface area contributed by atoms with Crippen molar-refractivity contribution in [1.82, 2.24) is 0 Å². The molecule has 0 aromatic rings. The minimum atomic E-state index is -5.03. The Hall–Kier alpha value is -1.01. The van der Waals surface area contributed by atoms with Gasteiger partial charge >= 0.3 is 10.4 Å². The highest BCUT2D eigenvalue weighted by Gasteiger charge is 2.73. The van der Waals surface area contributed by atoms with Crippen LogP contribution in [0.3, 0.4) is 0 Å². The molecule has 13 nitrogen and oxygen atoms in total. The van der Waals surface area contributed by atoms with Crippen LogP contribution >= 0.6 is 0 Å². The summed E-state index contributed by atoms with van der Waals surface area (Å²) >= 11 is 0. The number of aliphatic hydroxyl groups is 6. The zero-order chi connectivity index (χ0) is 36.3. The maximum absolute atomic E-state index is 12.9. The molecular formula is C35H58O13S. The van der Waals surface area contributed by atoms with E-state index in [-0.39, 0.29) is 37.4 Å². The van der Waals surface area contributed by atoms with E-state index in [2.05, 4.69) is 0 Å². The summed E-state index contributed by atoms with van der Waals surface area (Å²) in [6, 6.07) is 0. The molecule has 7 unspecified atom stereocenters. The lowest BCUT2D eigenvalue weighted by atomic mass is 9.43. The minimum absolute atomic E-state index is 0.0281. The van der Waals surface area contributed by atoms with Gasteiger partial charge in [0.2, 0.25) is 0 Å². The second-order valence-electron chi connectivity index (χ2n) is 16.0. The van der Waals surface area contributed by atoms with E-state index in [4.69, 9.17) is 18.4 Å². The molecule has 0 radical (unpaired) electrons. The normalized spacial score (nSPS) is 47.5. The number of rotatable bonds is 11. The van der Waals surface area contributed by atoms with Gasteiger partial charge in [-0.15, -0.1) is 0 Å². The molecule has 5 rings (SSSR count). The molecule has 0 amide bonds. The van der Waals surface area contributed by atoms with E-state index in [0.717, 1.165) is 6.42 Å². The van der Waals surface area contributed by atoms with Crippen LogP contribution in [0.2, 0.25) is 0 Å². The highest BCUT2D eigenvalue weighted by Crippen LogP contribution is 2.69. The van der Waals surface area contributed by atoms with Crippen LogP contribution in [0.1, 0.15) is 73.1 Å². The van der Waals surface area contributed by atoms with Crippen molar-refractivity contribution in [2.75, 3.05) is 20.3 Å². The molecule has 1 aliphatic heterocycles. The summed E-state index contributed by atoms with van der Waals surface area (Å²) in [6.07, 6.45) is -0.0389. The van der Waals surface area contributed by atoms with Crippen LogP contribution in [0.25, 0.3) is 0 Å². The maximum atomic E-state index is 12.9. The number of fused-ring (bicyclic) bond motifs is 5. The molecule has 5 aliphatic rings. The van der Waals surface area contributed by atoms with Gasteiger partial charge in [0.05, 0.1) is 30.5 Å². The van der Waals surface area contributed by atoms with E-state index in [1.54, 1.807) is 0 Å². The highest BCUT2D eigenvalue weighted by molar-refractivity contribution is 7.80. The Kier molecular flexibility index (Phi) is 11.5. The van der Waals surface area contributed by atoms with Crippen molar-refractivity contribution in [2.24, 2.45) is 46.3 Å². The van der Waals surface area contributed by atoms with E-state index >= 15 is 0 Å². The quantitative estimate of drug-likeness (QED) is 0.120. The number of aliphatic hydroxyl groups excluding tert-OH is 5. The predicted molar refractivity (Wildman–Crippen MR) is 177 cm³/mol. The van der Waals surface area contributed by atoms with Crippen LogP contribution in [0.15, 0.2) is 23.8 Å². The first-order valence-electron chi connectivity index (χ1n) is 17.8. The van der Waals surface area contributed by atoms with Crippen molar-refractivity contribution in [1.29, 1.82) is 0 Å². The van der Waals surface area contributed by atoms with Gasteiger partial charge in [0.25, 0.3) is 0 Å². The molecule has 4 fully saturated rings. The van der Waals surface area contributed by atoms with Crippen LogP contribution in [-0.2, 0) is 28.8 Å². The number of ether oxygens (including phenoxy) is 3. The molecule has 14 heteroatoms. The Labute approximate surface area is 290 Å².